The topological polar surface area (TPSA) is 68.5 Å². The first-order chi connectivity index (χ1) is 9.81. The third-order valence-corrected chi connectivity index (χ3v) is 4.11. The van der Waals surface area contributed by atoms with Crippen molar-refractivity contribution in [2.75, 3.05) is 5.32 Å². The summed E-state index contributed by atoms with van der Waals surface area (Å²) in [6.45, 7) is 0. The SMILES string of the molecule is Cn1ncc2c1-c1nc(Nc3nccs3)ncc1CC2. The summed E-state index contributed by atoms with van der Waals surface area (Å²) >= 11 is 1.53. The van der Waals surface area contributed by atoms with Crippen LogP contribution in [0.2, 0.25) is 0 Å². The smallest absolute Gasteiger partial charge is 0.229 e. The molecule has 0 unspecified atom stereocenters. The zero-order valence-electron chi connectivity index (χ0n) is 10.9. The largest absolute Gasteiger partial charge is 0.300 e. The Morgan fingerprint density at radius 1 is 1.20 bits per heavy atom. The number of nitrogens with one attached hydrogen (secondary N) is 1. The van der Waals surface area contributed by atoms with E-state index in [0.717, 1.165) is 29.4 Å². The molecular weight excluding hydrogens is 272 g/mol. The quantitative estimate of drug-likeness (QED) is 0.781. The van der Waals surface area contributed by atoms with Crippen LogP contribution in [0.25, 0.3) is 11.4 Å². The summed E-state index contributed by atoms with van der Waals surface area (Å²) < 4.78 is 1.88. The van der Waals surface area contributed by atoms with E-state index in [1.165, 1.54) is 22.5 Å². The lowest BCUT2D eigenvalue weighted by Gasteiger charge is -2.16. The number of thiazole rings is 1. The summed E-state index contributed by atoms with van der Waals surface area (Å²) in [4.78, 5) is 13.2. The number of aromatic nitrogens is 5. The van der Waals surface area contributed by atoms with Gasteiger partial charge in [-0.2, -0.15) is 5.10 Å². The zero-order valence-corrected chi connectivity index (χ0v) is 11.7. The first-order valence-corrected chi connectivity index (χ1v) is 7.23. The fourth-order valence-electron chi connectivity index (χ4n) is 2.48. The van der Waals surface area contributed by atoms with Crippen molar-refractivity contribution in [2.45, 2.75) is 12.8 Å². The molecule has 3 heterocycles. The molecule has 1 N–H and O–H groups in total. The Kier molecular flexibility index (Phi) is 2.53. The van der Waals surface area contributed by atoms with Gasteiger partial charge in [0.2, 0.25) is 5.95 Å². The summed E-state index contributed by atoms with van der Waals surface area (Å²) in [6, 6.07) is 0. The van der Waals surface area contributed by atoms with E-state index in [0.29, 0.717) is 5.95 Å². The van der Waals surface area contributed by atoms with Crippen LogP contribution >= 0.6 is 11.3 Å². The zero-order chi connectivity index (χ0) is 13.5. The molecule has 0 saturated carbocycles. The summed E-state index contributed by atoms with van der Waals surface area (Å²) in [7, 11) is 1.95. The molecule has 0 atom stereocenters. The first-order valence-electron chi connectivity index (χ1n) is 6.35. The van der Waals surface area contributed by atoms with Crippen molar-refractivity contribution in [2.24, 2.45) is 7.05 Å². The Balaban J connectivity index is 1.79. The van der Waals surface area contributed by atoms with Gasteiger partial charge in [0.05, 0.1) is 17.6 Å². The van der Waals surface area contributed by atoms with Crippen LogP contribution in [0, 0.1) is 0 Å². The number of nitrogens with zero attached hydrogens (tertiary/aromatic N) is 5. The van der Waals surface area contributed by atoms with E-state index in [4.69, 9.17) is 0 Å². The number of aryl methyl sites for hydroxylation is 3. The van der Waals surface area contributed by atoms with Crippen LogP contribution in [0.15, 0.2) is 24.0 Å². The lowest BCUT2D eigenvalue weighted by atomic mass is 9.95. The number of fused-ring (bicyclic) bond motifs is 3. The second kappa shape index (κ2) is 4.38. The van der Waals surface area contributed by atoms with E-state index in [1.54, 1.807) is 6.20 Å². The Morgan fingerprint density at radius 3 is 2.95 bits per heavy atom. The van der Waals surface area contributed by atoms with E-state index in [9.17, 15) is 0 Å². The van der Waals surface area contributed by atoms with Crippen LogP contribution < -0.4 is 5.32 Å². The second-order valence-corrected chi connectivity index (χ2v) is 5.57. The highest BCUT2D eigenvalue weighted by molar-refractivity contribution is 7.13. The van der Waals surface area contributed by atoms with Gasteiger partial charge >= 0.3 is 0 Å². The average Bonchev–Trinajstić information content (AvgIpc) is 3.09. The number of hydrogen-bond acceptors (Lipinski definition) is 6. The van der Waals surface area contributed by atoms with Gasteiger partial charge in [-0.1, -0.05) is 0 Å². The number of anilines is 2. The van der Waals surface area contributed by atoms with Gasteiger partial charge in [-0.3, -0.25) is 4.68 Å². The van der Waals surface area contributed by atoms with E-state index in [2.05, 4.69) is 25.4 Å². The standard InChI is InChI=1S/C13H12N6S/c1-19-11-9(7-16-19)3-2-8-6-15-12(17-10(8)11)18-13-14-4-5-20-13/h4-7H,2-3H2,1H3,(H,14,15,17,18). The third kappa shape index (κ3) is 1.78. The maximum Gasteiger partial charge on any atom is 0.229 e. The molecule has 0 amide bonds. The minimum atomic E-state index is 0.577. The van der Waals surface area contributed by atoms with Crippen molar-refractivity contribution in [1.29, 1.82) is 0 Å². The predicted molar refractivity (Wildman–Crippen MR) is 77.0 cm³/mol. The second-order valence-electron chi connectivity index (χ2n) is 4.67. The summed E-state index contributed by atoms with van der Waals surface area (Å²) in [6.07, 6.45) is 7.54. The predicted octanol–water partition coefficient (Wildman–Crippen LogP) is 2.18. The highest BCUT2D eigenvalue weighted by atomic mass is 32.1. The maximum absolute atomic E-state index is 4.65. The molecule has 0 bridgehead atoms. The third-order valence-electron chi connectivity index (χ3n) is 3.42. The van der Waals surface area contributed by atoms with Crippen LogP contribution in [0.3, 0.4) is 0 Å². The normalized spacial score (nSPS) is 12.8. The van der Waals surface area contributed by atoms with E-state index in [-0.39, 0.29) is 0 Å². The molecule has 0 fully saturated rings. The van der Waals surface area contributed by atoms with Gasteiger partial charge in [-0.15, -0.1) is 11.3 Å². The monoisotopic (exact) mass is 284 g/mol. The summed E-state index contributed by atoms with van der Waals surface area (Å²) in [5.74, 6) is 0.577. The number of rotatable bonds is 2. The van der Waals surface area contributed by atoms with Crippen molar-refractivity contribution in [1.82, 2.24) is 24.7 Å². The molecule has 6 nitrogen and oxygen atoms in total. The Bertz CT molecular complexity index is 761. The Morgan fingerprint density at radius 2 is 2.10 bits per heavy atom. The van der Waals surface area contributed by atoms with Crippen molar-refractivity contribution in [3.63, 3.8) is 0 Å². The maximum atomic E-state index is 4.65. The van der Waals surface area contributed by atoms with Crippen molar-refractivity contribution in [3.05, 3.63) is 35.1 Å². The lowest BCUT2D eigenvalue weighted by molar-refractivity contribution is 0.766. The van der Waals surface area contributed by atoms with Crippen molar-refractivity contribution < 1.29 is 0 Å². The molecule has 3 aromatic rings. The van der Waals surface area contributed by atoms with Crippen LogP contribution in [-0.2, 0) is 19.9 Å². The van der Waals surface area contributed by atoms with Crippen LogP contribution in [-0.4, -0.2) is 24.7 Å². The Hall–Kier alpha value is -2.28. The fraction of sp³-hybridized carbons (Fsp3) is 0.231. The van der Waals surface area contributed by atoms with Crippen LogP contribution in [0.4, 0.5) is 11.1 Å². The molecule has 0 radical (unpaired) electrons. The molecule has 1 aliphatic carbocycles. The van der Waals surface area contributed by atoms with E-state index in [1.807, 2.05) is 29.5 Å². The van der Waals surface area contributed by atoms with Gasteiger partial charge in [-0.05, 0) is 24.0 Å². The highest BCUT2D eigenvalue weighted by Crippen LogP contribution is 2.32. The summed E-state index contributed by atoms with van der Waals surface area (Å²) in [5, 5.41) is 10.2. The van der Waals surface area contributed by atoms with Gasteiger partial charge in [0.25, 0.3) is 0 Å². The molecule has 0 aliphatic heterocycles. The Labute approximate surface area is 119 Å². The molecule has 20 heavy (non-hydrogen) atoms. The van der Waals surface area contributed by atoms with Gasteiger partial charge in [0, 0.05) is 24.8 Å². The molecule has 1 aliphatic rings. The van der Waals surface area contributed by atoms with Crippen LogP contribution in [0.5, 0.6) is 0 Å². The van der Waals surface area contributed by atoms with Crippen molar-refractivity contribution >= 4 is 22.4 Å². The molecule has 0 saturated heterocycles. The molecular formula is C13H12N6S. The minimum absolute atomic E-state index is 0.577. The molecule has 4 rings (SSSR count). The average molecular weight is 284 g/mol. The van der Waals surface area contributed by atoms with Crippen molar-refractivity contribution in [3.8, 4) is 11.4 Å². The molecule has 7 heteroatoms. The molecule has 0 spiro atoms. The van der Waals surface area contributed by atoms with E-state index < -0.39 is 0 Å². The van der Waals surface area contributed by atoms with Gasteiger partial charge in [-0.25, -0.2) is 15.0 Å². The van der Waals surface area contributed by atoms with E-state index >= 15 is 0 Å². The minimum Gasteiger partial charge on any atom is -0.300 e. The molecule has 100 valence electrons. The fourth-order valence-corrected chi connectivity index (χ4v) is 3.00. The summed E-state index contributed by atoms with van der Waals surface area (Å²) in [5.41, 5.74) is 4.49. The highest BCUT2D eigenvalue weighted by Gasteiger charge is 2.22. The lowest BCUT2D eigenvalue weighted by Crippen LogP contribution is -2.10. The number of hydrogen-bond donors (Lipinski definition) is 1. The molecule has 0 aromatic carbocycles. The van der Waals surface area contributed by atoms with Crippen LogP contribution in [0.1, 0.15) is 11.1 Å². The first kappa shape index (κ1) is 11.5. The van der Waals surface area contributed by atoms with Gasteiger partial charge in [0.15, 0.2) is 5.13 Å². The molecule has 3 aromatic heterocycles. The van der Waals surface area contributed by atoms with Gasteiger partial charge < -0.3 is 5.32 Å². The van der Waals surface area contributed by atoms with Gasteiger partial charge in [0.1, 0.15) is 0 Å².